The van der Waals surface area contributed by atoms with Crippen LogP contribution in [0.5, 0.6) is 5.75 Å². The molecule has 2 atom stereocenters. The number of pyridine rings is 1. The average Bonchev–Trinajstić information content (AvgIpc) is 3.10. The summed E-state index contributed by atoms with van der Waals surface area (Å²) in [5.41, 5.74) is 2.37. The van der Waals surface area contributed by atoms with E-state index >= 15 is 0 Å². The zero-order valence-electron chi connectivity index (χ0n) is 18.2. The van der Waals surface area contributed by atoms with Crippen molar-refractivity contribution >= 4 is 16.6 Å². The second-order valence-electron chi connectivity index (χ2n) is 9.16. The SMILES string of the molecule is CS(=O)N1CC=C(c2cc3c(cn2)OC(C2CCN(CC(C)(C)F)CC2)C3)CC1.O. The van der Waals surface area contributed by atoms with Crippen molar-refractivity contribution < 1.29 is 18.8 Å². The lowest BCUT2D eigenvalue weighted by Gasteiger charge is -2.36. The Kier molecular flexibility index (Phi) is 7.32. The van der Waals surface area contributed by atoms with Gasteiger partial charge in [0.15, 0.2) is 0 Å². The number of aromatic nitrogens is 1. The fraction of sp³-hybridized carbons (Fsp3) is 0.682. The third-order valence-corrected chi connectivity index (χ3v) is 7.33. The predicted octanol–water partition coefficient (Wildman–Crippen LogP) is 2.40. The summed E-state index contributed by atoms with van der Waals surface area (Å²) in [6.07, 6.45) is 9.88. The van der Waals surface area contributed by atoms with E-state index in [1.807, 2.05) is 10.5 Å². The Bertz CT molecular complexity index is 803. The van der Waals surface area contributed by atoms with Gasteiger partial charge in [0.25, 0.3) is 0 Å². The van der Waals surface area contributed by atoms with Crippen LogP contribution in [0, 0.1) is 5.92 Å². The Morgan fingerprint density at radius 2 is 2.03 bits per heavy atom. The second kappa shape index (κ2) is 9.42. The summed E-state index contributed by atoms with van der Waals surface area (Å²) >= 11 is 0. The standard InChI is InChI=1S/C22H32FN3O2S.H2O/c1-22(2,23)15-25-8-4-17(5-9-25)20-13-18-12-19(24-14-21(18)28-20)16-6-10-26(11-7-16)29(3)27;/h6,12,14,17,20H,4-5,7-11,13,15H2,1-3H3;1H2. The largest absolute Gasteiger partial charge is 0.488 e. The van der Waals surface area contributed by atoms with E-state index < -0.39 is 16.7 Å². The molecule has 1 fully saturated rings. The Morgan fingerprint density at radius 3 is 2.63 bits per heavy atom. The fourth-order valence-electron chi connectivity index (χ4n) is 4.74. The van der Waals surface area contributed by atoms with Gasteiger partial charge in [-0.15, -0.1) is 0 Å². The van der Waals surface area contributed by atoms with Crippen molar-refractivity contribution in [3.63, 3.8) is 0 Å². The maximum atomic E-state index is 13.9. The van der Waals surface area contributed by atoms with E-state index in [-0.39, 0.29) is 11.6 Å². The first-order valence-corrected chi connectivity index (χ1v) is 12.1. The third-order valence-electron chi connectivity index (χ3n) is 6.27. The Labute approximate surface area is 181 Å². The number of ether oxygens (including phenoxy) is 1. The molecule has 3 aliphatic heterocycles. The van der Waals surface area contributed by atoms with Crippen LogP contribution in [0.3, 0.4) is 0 Å². The van der Waals surface area contributed by atoms with Gasteiger partial charge in [-0.3, -0.25) is 4.98 Å². The van der Waals surface area contributed by atoms with Crippen molar-refractivity contribution in [3.8, 4) is 5.75 Å². The molecule has 2 unspecified atom stereocenters. The van der Waals surface area contributed by atoms with E-state index in [9.17, 15) is 8.60 Å². The Hall–Kier alpha value is -1.35. The van der Waals surface area contributed by atoms with Gasteiger partial charge in [-0.25, -0.2) is 12.9 Å². The Morgan fingerprint density at radius 1 is 1.30 bits per heavy atom. The molecule has 8 heteroatoms. The van der Waals surface area contributed by atoms with Crippen LogP contribution in [0.2, 0.25) is 0 Å². The highest BCUT2D eigenvalue weighted by atomic mass is 32.2. The molecule has 0 saturated carbocycles. The van der Waals surface area contributed by atoms with Gasteiger partial charge in [-0.1, -0.05) is 6.08 Å². The molecule has 1 saturated heterocycles. The Balaban J connectivity index is 0.00000256. The minimum absolute atomic E-state index is 0. The highest BCUT2D eigenvalue weighted by molar-refractivity contribution is 7.81. The molecule has 0 aromatic carbocycles. The van der Waals surface area contributed by atoms with Gasteiger partial charge in [0.1, 0.15) is 17.5 Å². The summed E-state index contributed by atoms with van der Waals surface area (Å²) < 4.78 is 33.7. The molecule has 0 bridgehead atoms. The van der Waals surface area contributed by atoms with Crippen molar-refractivity contribution in [2.45, 2.75) is 51.3 Å². The van der Waals surface area contributed by atoms with Gasteiger partial charge in [-0.2, -0.15) is 0 Å². The number of hydrogen-bond donors (Lipinski definition) is 0. The van der Waals surface area contributed by atoms with E-state index in [1.54, 1.807) is 20.1 Å². The van der Waals surface area contributed by atoms with E-state index in [0.717, 1.165) is 56.8 Å². The van der Waals surface area contributed by atoms with Crippen molar-refractivity contribution in [2.75, 3.05) is 39.0 Å². The molecular formula is C22H34FN3O3S. The first-order valence-electron chi connectivity index (χ1n) is 10.6. The zero-order valence-corrected chi connectivity index (χ0v) is 19.0. The fourth-order valence-corrected chi connectivity index (χ4v) is 5.37. The van der Waals surface area contributed by atoms with Gasteiger partial charge < -0.3 is 15.1 Å². The molecule has 1 aromatic heterocycles. The van der Waals surface area contributed by atoms with E-state index in [2.05, 4.69) is 22.0 Å². The number of rotatable bonds is 5. The molecule has 3 aliphatic rings. The molecule has 2 N–H and O–H groups in total. The smallest absolute Gasteiger partial charge is 0.141 e. The number of halogens is 1. The highest BCUT2D eigenvalue weighted by Gasteiger charge is 2.34. The van der Waals surface area contributed by atoms with Crippen molar-refractivity contribution in [3.05, 3.63) is 29.6 Å². The number of likely N-dealkylation sites (tertiary alicyclic amines) is 1. The van der Waals surface area contributed by atoms with Gasteiger partial charge in [0.2, 0.25) is 0 Å². The van der Waals surface area contributed by atoms with Gasteiger partial charge >= 0.3 is 0 Å². The summed E-state index contributed by atoms with van der Waals surface area (Å²) in [6.45, 7) is 7.23. The maximum absolute atomic E-state index is 13.9. The lowest BCUT2D eigenvalue weighted by molar-refractivity contribution is 0.0606. The maximum Gasteiger partial charge on any atom is 0.141 e. The number of nitrogens with zero attached hydrogens (tertiary/aromatic N) is 3. The normalized spacial score (nSPS) is 24.5. The van der Waals surface area contributed by atoms with Crippen LogP contribution >= 0.6 is 0 Å². The first kappa shape index (κ1) is 23.3. The van der Waals surface area contributed by atoms with Crippen LogP contribution in [-0.4, -0.2) is 74.6 Å². The molecular weight excluding hydrogens is 405 g/mol. The number of hydrogen-bond acceptors (Lipinski definition) is 4. The molecule has 6 nitrogen and oxygen atoms in total. The summed E-state index contributed by atoms with van der Waals surface area (Å²) in [7, 11) is -0.915. The third kappa shape index (κ3) is 5.46. The summed E-state index contributed by atoms with van der Waals surface area (Å²) in [4.78, 5) is 6.87. The molecule has 168 valence electrons. The lowest BCUT2D eigenvalue weighted by Crippen LogP contribution is -2.43. The monoisotopic (exact) mass is 439 g/mol. The summed E-state index contributed by atoms with van der Waals surface area (Å²) in [5, 5.41) is 0. The van der Waals surface area contributed by atoms with Gasteiger partial charge in [-0.05, 0) is 63.8 Å². The van der Waals surface area contributed by atoms with Crippen LogP contribution in [0.4, 0.5) is 4.39 Å². The van der Waals surface area contributed by atoms with Gasteiger partial charge in [0.05, 0.1) is 22.9 Å². The molecule has 0 spiro atoms. The molecule has 1 aromatic rings. The zero-order chi connectivity index (χ0) is 20.6. The minimum atomic E-state index is -1.13. The number of alkyl halides is 1. The van der Waals surface area contributed by atoms with Crippen LogP contribution in [0.15, 0.2) is 18.3 Å². The topological polar surface area (TPSA) is 77.2 Å². The molecule has 30 heavy (non-hydrogen) atoms. The quantitative estimate of drug-likeness (QED) is 0.706. The number of piperidine rings is 1. The molecule has 4 heterocycles. The number of fused-ring (bicyclic) bond motifs is 1. The van der Waals surface area contributed by atoms with E-state index in [1.165, 1.54) is 11.1 Å². The molecule has 0 aliphatic carbocycles. The van der Waals surface area contributed by atoms with Crippen LogP contribution in [0.1, 0.15) is 44.4 Å². The second-order valence-corrected chi connectivity index (χ2v) is 10.5. The van der Waals surface area contributed by atoms with E-state index in [4.69, 9.17) is 4.74 Å². The van der Waals surface area contributed by atoms with Crippen LogP contribution < -0.4 is 4.74 Å². The summed E-state index contributed by atoms with van der Waals surface area (Å²) in [5.74, 6) is 1.44. The van der Waals surface area contributed by atoms with Crippen LogP contribution in [0.25, 0.3) is 5.57 Å². The minimum Gasteiger partial charge on any atom is -0.488 e. The van der Waals surface area contributed by atoms with Crippen molar-refractivity contribution in [2.24, 2.45) is 5.92 Å². The average molecular weight is 440 g/mol. The first-order chi connectivity index (χ1) is 13.8. The van der Waals surface area contributed by atoms with Crippen LogP contribution in [-0.2, 0) is 17.4 Å². The van der Waals surface area contributed by atoms with Crippen molar-refractivity contribution in [1.82, 2.24) is 14.2 Å². The van der Waals surface area contributed by atoms with Gasteiger partial charge in [0, 0.05) is 37.9 Å². The molecule has 0 radical (unpaired) electrons. The molecule has 4 rings (SSSR count). The highest BCUT2D eigenvalue weighted by Crippen LogP contribution is 2.36. The lowest BCUT2D eigenvalue weighted by atomic mass is 9.88. The summed E-state index contributed by atoms with van der Waals surface area (Å²) in [6, 6.07) is 2.18. The van der Waals surface area contributed by atoms with E-state index in [0.29, 0.717) is 19.0 Å². The predicted molar refractivity (Wildman–Crippen MR) is 119 cm³/mol. The van der Waals surface area contributed by atoms with Crippen molar-refractivity contribution in [1.29, 1.82) is 0 Å². The molecule has 0 amide bonds.